The predicted octanol–water partition coefficient (Wildman–Crippen LogP) is 1.30. The molecule has 4 nitrogen and oxygen atoms in total. The third-order valence-electron chi connectivity index (χ3n) is 5.22. The minimum Gasteiger partial charge on any atom is -0.423 e. The molecule has 0 saturated carbocycles. The third kappa shape index (κ3) is 3.86. The molecule has 1 aliphatic rings. The van der Waals surface area contributed by atoms with E-state index < -0.39 is 0 Å². The fourth-order valence-electron chi connectivity index (χ4n) is 3.73. The van der Waals surface area contributed by atoms with Gasteiger partial charge in [0.25, 0.3) is 0 Å². The summed E-state index contributed by atoms with van der Waals surface area (Å²) < 4.78 is 5.38. The van der Waals surface area contributed by atoms with E-state index in [2.05, 4.69) is 17.5 Å². The monoisotopic (exact) mass is 390 g/mol. The van der Waals surface area contributed by atoms with Crippen LogP contribution in [0.5, 0.6) is 0 Å². The van der Waals surface area contributed by atoms with Gasteiger partial charge in [0.15, 0.2) is 0 Å². The molecule has 0 unspecified atom stereocenters. The van der Waals surface area contributed by atoms with Crippen LogP contribution in [-0.2, 0) is 13.1 Å². The number of nitrogens with one attached hydrogen (secondary N) is 2. The van der Waals surface area contributed by atoms with E-state index in [4.69, 9.17) is 16.0 Å². The van der Waals surface area contributed by atoms with Gasteiger partial charge in [-0.15, -0.1) is 11.3 Å². The molecule has 2 N–H and O–H groups in total. The van der Waals surface area contributed by atoms with Gasteiger partial charge in [0, 0.05) is 22.0 Å². The first-order valence-electron chi connectivity index (χ1n) is 9.01. The average molecular weight is 391 g/mol. The quantitative estimate of drug-likeness (QED) is 0.659. The zero-order valence-corrected chi connectivity index (χ0v) is 16.4. The molecule has 1 aliphatic heterocycles. The highest BCUT2D eigenvalue weighted by molar-refractivity contribution is 7.09. The Morgan fingerprint density at radius 3 is 2.54 bits per heavy atom. The summed E-state index contributed by atoms with van der Waals surface area (Å²) in [7, 11) is 0. The van der Waals surface area contributed by atoms with Crippen molar-refractivity contribution in [3.63, 3.8) is 0 Å². The smallest absolute Gasteiger partial charge is 0.336 e. The highest BCUT2D eigenvalue weighted by Crippen LogP contribution is 2.24. The van der Waals surface area contributed by atoms with Crippen LogP contribution in [0.3, 0.4) is 0 Å². The van der Waals surface area contributed by atoms with Crippen molar-refractivity contribution in [2.45, 2.75) is 20.0 Å². The summed E-state index contributed by atoms with van der Waals surface area (Å²) >= 11 is 8.14. The SMILES string of the molecule is Cc1cc2oc(=O)cc(C[NH+]3CC[NH+](Cc4cccs4)CC3)c2cc1Cl. The van der Waals surface area contributed by atoms with Gasteiger partial charge in [-0.3, -0.25) is 0 Å². The minimum absolute atomic E-state index is 0.282. The first-order valence-corrected chi connectivity index (χ1v) is 10.3. The van der Waals surface area contributed by atoms with E-state index in [0.29, 0.717) is 10.6 Å². The summed E-state index contributed by atoms with van der Waals surface area (Å²) in [4.78, 5) is 16.6. The van der Waals surface area contributed by atoms with Crippen LogP contribution in [-0.4, -0.2) is 26.2 Å². The van der Waals surface area contributed by atoms with E-state index in [1.807, 2.05) is 30.4 Å². The molecule has 3 heterocycles. The summed E-state index contributed by atoms with van der Waals surface area (Å²) in [5.74, 6) is 0. The number of fused-ring (bicyclic) bond motifs is 1. The lowest BCUT2D eigenvalue weighted by Crippen LogP contribution is -3.27. The van der Waals surface area contributed by atoms with Gasteiger partial charge in [-0.25, -0.2) is 4.79 Å². The lowest BCUT2D eigenvalue weighted by Gasteiger charge is -2.29. The molecule has 0 spiro atoms. The van der Waals surface area contributed by atoms with Gasteiger partial charge in [-0.05, 0) is 36.1 Å². The largest absolute Gasteiger partial charge is 0.423 e. The van der Waals surface area contributed by atoms with Gasteiger partial charge in [-0.1, -0.05) is 17.7 Å². The molecule has 1 aromatic carbocycles. The van der Waals surface area contributed by atoms with Crippen molar-refractivity contribution in [3.8, 4) is 0 Å². The van der Waals surface area contributed by atoms with Crippen LogP contribution in [0.15, 0.2) is 44.9 Å². The fourth-order valence-corrected chi connectivity index (χ4v) is 4.67. The van der Waals surface area contributed by atoms with E-state index in [1.54, 1.807) is 11.0 Å². The predicted molar refractivity (Wildman–Crippen MR) is 105 cm³/mol. The van der Waals surface area contributed by atoms with Crippen molar-refractivity contribution in [3.05, 3.63) is 67.2 Å². The van der Waals surface area contributed by atoms with Crippen LogP contribution in [0.25, 0.3) is 11.0 Å². The molecule has 2 aromatic heterocycles. The standard InChI is InChI=1S/C20H21ClN2O2S/c1-14-9-19-17(11-18(14)21)15(10-20(24)25-19)12-22-4-6-23(7-5-22)13-16-3-2-8-26-16/h2-3,8-11H,4-7,12-13H2,1H3/p+2. The van der Waals surface area contributed by atoms with E-state index >= 15 is 0 Å². The first kappa shape index (κ1) is 17.7. The van der Waals surface area contributed by atoms with Crippen molar-refractivity contribution in [2.75, 3.05) is 26.2 Å². The molecular weight excluding hydrogens is 368 g/mol. The van der Waals surface area contributed by atoms with Gasteiger partial charge >= 0.3 is 5.63 Å². The molecule has 4 rings (SSSR count). The zero-order chi connectivity index (χ0) is 18.1. The number of halogens is 1. The van der Waals surface area contributed by atoms with E-state index in [1.165, 1.54) is 9.78 Å². The molecule has 1 saturated heterocycles. The topological polar surface area (TPSA) is 39.1 Å². The van der Waals surface area contributed by atoms with E-state index in [9.17, 15) is 4.79 Å². The van der Waals surface area contributed by atoms with Gasteiger partial charge < -0.3 is 14.2 Å². The molecule has 0 bridgehead atoms. The second-order valence-electron chi connectivity index (χ2n) is 7.12. The Kier molecular flexibility index (Phi) is 5.14. The maximum Gasteiger partial charge on any atom is 0.336 e. The molecule has 1 fully saturated rings. The van der Waals surface area contributed by atoms with E-state index in [-0.39, 0.29) is 5.63 Å². The zero-order valence-electron chi connectivity index (χ0n) is 14.8. The number of thiophene rings is 1. The summed E-state index contributed by atoms with van der Waals surface area (Å²) in [5, 5.41) is 3.82. The Morgan fingerprint density at radius 1 is 1.12 bits per heavy atom. The molecule has 26 heavy (non-hydrogen) atoms. The number of hydrogen-bond donors (Lipinski definition) is 2. The molecule has 3 aromatic rings. The van der Waals surface area contributed by atoms with Crippen LogP contribution in [0.2, 0.25) is 5.02 Å². The summed E-state index contributed by atoms with van der Waals surface area (Å²) in [6.45, 7) is 8.43. The number of rotatable bonds is 4. The number of piperazine rings is 1. The molecule has 0 atom stereocenters. The Balaban J connectivity index is 1.48. The van der Waals surface area contributed by atoms with Crippen LogP contribution in [0.4, 0.5) is 0 Å². The number of quaternary nitrogens is 2. The molecular formula is C20H23ClN2O2S+2. The van der Waals surface area contributed by atoms with Crippen LogP contribution in [0, 0.1) is 6.92 Å². The van der Waals surface area contributed by atoms with Crippen molar-refractivity contribution in [2.24, 2.45) is 0 Å². The first-order chi connectivity index (χ1) is 12.6. The van der Waals surface area contributed by atoms with Gasteiger partial charge in [0.05, 0.1) is 4.88 Å². The number of aryl methyl sites for hydroxylation is 1. The molecule has 0 aliphatic carbocycles. The summed E-state index contributed by atoms with van der Waals surface area (Å²) in [5.41, 5.74) is 2.32. The molecule has 0 radical (unpaired) electrons. The van der Waals surface area contributed by atoms with Crippen molar-refractivity contribution in [1.82, 2.24) is 0 Å². The summed E-state index contributed by atoms with van der Waals surface area (Å²) in [6.07, 6.45) is 0. The highest BCUT2D eigenvalue weighted by atomic mass is 35.5. The Morgan fingerprint density at radius 2 is 1.85 bits per heavy atom. The third-order valence-corrected chi connectivity index (χ3v) is 6.50. The van der Waals surface area contributed by atoms with Crippen LogP contribution < -0.4 is 15.4 Å². The molecule has 136 valence electrons. The van der Waals surface area contributed by atoms with Crippen LogP contribution >= 0.6 is 22.9 Å². The van der Waals surface area contributed by atoms with Crippen molar-refractivity contribution >= 4 is 33.9 Å². The van der Waals surface area contributed by atoms with Gasteiger partial charge in [0.2, 0.25) is 0 Å². The van der Waals surface area contributed by atoms with E-state index in [0.717, 1.165) is 55.8 Å². The van der Waals surface area contributed by atoms with Gasteiger partial charge in [0.1, 0.15) is 44.9 Å². The second-order valence-corrected chi connectivity index (χ2v) is 8.56. The lowest BCUT2D eigenvalue weighted by molar-refractivity contribution is -1.02. The summed E-state index contributed by atoms with van der Waals surface area (Å²) in [6, 6.07) is 9.77. The highest BCUT2D eigenvalue weighted by Gasteiger charge is 2.24. The van der Waals surface area contributed by atoms with Crippen molar-refractivity contribution in [1.29, 1.82) is 0 Å². The van der Waals surface area contributed by atoms with Crippen LogP contribution in [0.1, 0.15) is 16.0 Å². The maximum atomic E-state index is 12.0. The van der Waals surface area contributed by atoms with Crippen molar-refractivity contribution < 1.29 is 14.2 Å². The Hall–Kier alpha value is -1.66. The normalized spacial score (nSPS) is 20.5. The Bertz CT molecular complexity index is 960. The molecule has 0 amide bonds. The number of benzene rings is 1. The maximum absolute atomic E-state index is 12.0. The average Bonchev–Trinajstić information content (AvgIpc) is 3.11. The lowest BCUT2D eigenvalue weighted by atomic mass is 10.1. The number of hydrogen-bond acceptors (Lipinski definition) is 3. The molecule has 6 heteroatoms. The second kappa shape index (κ2) is 7.53. The minimum atomic E-state index is -0.282. The van der Waals surface area contributed by atoms with Gasteiger partial charge in [-0.2, -0.15) is 0 Å². The fraction of sp³-hybridized carbons (Fsp3) is 0.350. The Labute approximate surface area is 161 Å².